The number of likely N-dealkylation sites (tertiary alicyclic amines) is 1. The molecule has 3 fully saturated rings. The number of benzene rings is 2. The highest BCUT2D eigenvalue weighted by molar-refractivity contribution is 5.81. The zero-order valence-electron chi connectivity index (χ0n) is 24.3. The van der Waals surface area contributed by atoms with E-state index in [0.717, 1.165) is 23.4 Å². The van der Waals surface area contributed by atoms with Crippen molar-refractivity contribution in [1.29, 1.82) is 0 Å². The lowest BCUT2D eigenvalue weighted by Crippen LogP contribution is -2.43. The van der Waals surface area contributed by atoms with E-state index in [9.17, 15) is 22.8 Å². The lowest BCUT2D eigenvalue weighted by atomic mass is 9.84. The summed E-state index contributed by atoms with van der Waals surface area (Å²) in [7, 11) is 1.63. The van der Waals surface area contributed by atoms with Crippen molar-refractivity contribution >= 4 is 17.6 Å². The first-order valence-corrected chi connectivity index (χ1v) is 15.0. The number of anilines is 1. The molecule has 3 aliphatic heterocycles. The number of nitrogens with zero attached hydrogens (tertiary/aromatic N) is 2. The highest BCUT2D eigenvalue weighted by Gasteiger charge is 2.39. The fourth-order valence-corrected chi connectivity index (χ4v) is 6.74. The van der Waals surface area contributed by atoms with Gasteiger partial charge in [-0.3, -0.25) is 9.59 Å². The fourth-order valence-electron chi connectivity index (χ4n) is 6.74. The van der Waals surface area contributed by atoms with Crippen LogP contribution in [0.15, 0.2) is 42.5 Å². The number of hydrogen-bond acceptors (Lipinski definition) is 6. The van der Waals surface area contributed by atoms with E-state index >= 15 is 0 Å². The van der Waals surface area contributed by atoms with E-state index in [1.165, 1.54) is 12.1 Å². The number of hydrogen-bond donors (Lipinski definition) is 1. The standard InChI is InChI=1S/C32H40F3N3O4/c1-3-42-31(40)23-12-14-37(15-13-23)29-18-24(32(33,34)35)6-9-26(29)22-10-16-38(17-11-22)30(39)28-20-36-19-27(28)21-4-7-25(41-2)8-5-21/h4-9,18,22-23,27-28,36H,3,10-17,19-20H2,1-2H3/t27-,28+/m0/s1. The van der Waals surface area contributed by atoms with Gasteiger partial charge in [0.25, 0.3) is 0 Å². The molecule has 42 heavy (non-hydrogen) atoms. The number of piperidine rings is 2. The molecule has 3 aliphatic rings. The molecule has 1 N–H and O–H groups in total. The van der Waals surface area contributed by atoms with E-state index in [-0.39, 0.29) is 35.5 Å². The first-order chi connectivity index (χ1) is 20.2. The molecule has 0 radical (unpaired) electrons. The minimum atomic E-state index is -4.44. The van der Waals surface area contributed by atoms with Crippen LogP contribution in [0.25, 0.3) is 0 Å². The molecule has 0 saturated carbocycles. The minimum absolute atomic E-state index is 0.0493. The predicted molar refractivity (Wildman–Crippen MR) is 154 cm³/mol. The largest absolute Gasteiger partial charge is 0.497 e. The van der Waals surface area contributed by atoms with Gasteiger partial charge in [0.15, 0.2) is 0 Å². The average Bonchev–Trinajstić information content (AvgIpc) is 3.50. The van der Waals surface area contributed by atoms with Crippen LogP contribution in [0.2, 0.25) is 0 Å². The Kier molecular flexibility index (Phi) is 9.30. The van der Waals surface area contributed by atoms with Crippen molar-refractivity contribution in [2.45, 2.75) is 50.6 Å². The van der Waals surface area contributed by atoms with Crippen molar-refractivity contribution in [2.24, 2.45) is 11.8 Å². The van der Waals surface area contributed by atoms with Crippen LogP contribution in [0.4, 0.5) is 18.9 Å². The summed E-state index contributed by atoms with van der Waals surface area (Å²) in [5.41, 5.74) is 1.93. The third-order valence-corrected chi connectivity index (χ3v) is 9.14. The van der Waals surface area contributed by atoms with Crippen molar-refractivity contribution in [3.05, 3.63) is 59.2 Å². The lowest BCUT2D eigenvalue weighted by molar-refractivity contribution is -0.148. The zero-order chi connectivity index (χ0) is 29.9. The third-order valence-electron chi connectivity index (χ3n) is 9.14. The van der Waals surface area contributed by atoms with Crippen LogP contribution in [-0.2, 0) is 20.5 Å². The number of carbonyl (C=O) groups is 2. The van der Waals surface area contributed by atoms with Gasteiger partial charge in [-0.25, -0.2) is 0 Å². The van der Waals surface area contributed by atoms with Crippen molar-refractivity contribution < 1.29 is 32.2 Å². The smallest absolute Gasteiger partial charge is 0.416 e. The Bertz CT molecular complexity index is 1240. The molecule has 0 bridgehead atoms. The fraction of sp³-hybridized carbons (Fsp3) is 0.562. The normalized spacial score (nSPS) is 22.3. The van der Waals surface area contributed by atoms with Crippen LogP contribution in [-0.4, -0.2) is 69.8 Å². The summed E-state index contributed by atoms with van der Waals surface area (Å²) in [5.74, 6) is 0.431. The van der Waals surface area contributed by atoms with Crippen molar-refractivity contribution in [3.63, 3.8) is 0 Å². The maximum absolute atomic E-state index is 13.7. The molecule has 228 valence electrons. The van der Waals surface area contributed by atoms with Crippen LogP contribution in [0.1, 0.15) is 61.1 Å². The Morgan fingerprint density at radius 2 is 1.64 bits per heavy atom. The second-order valence-corrected chi connectivity index (χ2v) is 11.5. The van der Waals surface area contributed by atoms with E-state index in [2.05, 4.69) is 5.32 Å². The summed E-state index contributed by atoms with van der Waals surface area (Å²) < 4.78 is 51.6. The molecule has 5 rings (SSSR count). The van der Waals surface area contributed by atoms with E-state index in [1.807, 2.05) is 34.1 Å². The molecule has 2 aromatic carbocycles. The van der Waals surface area contributed by atoms with Crippen molar-refractivity contribution in [1.82, 2.24) is 10.2 Å². The zero-order valence-corrected chi connectivity index (χ0v) is 24.3. The number of ether oxygens (including phenoxy) is 2. The van der Waals surface area contributed by atoms with E-state index in [1.54, 1.807) is 20.1 Å². The van der Waals surface area contributed by atoms with Gasteiger partial charge in [0, 0.05) is 50.9 Å². The highest BCUT2D eigenvalue weighted by Crippen LogP contribution is 2.41. The Morgan fingerprint density at radius 1 is 0.952 bits per heavy atom. The van der Waals surface area contributed by atoms with Crippen LogP contribution in [0.3, 0.4) is 0 Å². The molecule has 7 nitrogen and oxygen atoms in total. The third kappa shape index (κ3) is 6.53. The van der Waals surface area contributed by atoms with E-state index < -0.39 is 11.7 Å². The molecule has 1 amide bonds. The maximum atomic E-state index is 13.7. The Balaban J connectivity index is 1.27. The van der Waals surface area contributed by atoms with Crippen LogP contribution >= 0.6 is 0 Å². The number of amides is 1. The van der Waals surface area contributed by atoms with Gasteiger partial charge < -0.3 is 24.6 Å². The number of nitrogens with one attached hydrogen (secondary N) is 1. The molecular weight excluding hydrogens is 547 g/mol. The van der Waals surface area contributed by atoms with Crippen LogP contribution in [0, 0.1) is 11.8 Å². The molecule has 0 unspecified atom stereocenters. The summed E-state index contributed by atoms with van der Waals surface area (Å²) in [6.07, 6.45) is -1.96. The minimum Gasteiger partial charge on any atom is -0.497 e. The number of esters is 1. The topological polar surface area (TPSA) is 71.1 Å². The molecule has 3 saturated heterocycles. The van der Waals surface area contributed by atoms with Gasteiger partial charge in [-0.05, 0) is 73.9 Å². The molecule has 10 heteroatoms. The second-order valence-electron chi connectivity index (χ2n) is 11.5. The molecular formula is C32H40F3N3O4. The summed E-state index contributed by atoms with van der Waals surface area (Å²) in [6.45, 7) is 5.58. The van der Waals surface area contributed by atoms with Gasteiger partial charge in [0.1, 0.15) is 5.75 Å². The summed E-state index contributed by atoms with van der Waals surface area (Å²) in [4.78, 5) is 29.8. The Hall–Kier alpha value is -3.27. The first kappa shape index (κ1) is 30.2. The molecule has 2 atom stereocenters. The van der Waals surface area contributed by atoms with Crippen LogP contribution < -0.4 is 15.0 Å². The lowest BCUT2D eigenvalue weighted by Gasteiger charge is -2.38. The van der Waals surface area contributed by atoms with E-state index in [4.69, 9.17) is 9.47 Å². The van der Waals surface area contributed by atoms with Crippen LogP contribution in [0.5, 0.6) is 5.75 Å². The summed E-state index contributed by atoms with van der Waals surface area (Å²) in [5, 5.41) is 3.38. The van der Waals surface area contributed by atoms with Gasteiger partial charge in [0.05, 0.1) is 31.1 Å². The average molecular weight is 588 g/mol. The quantitative estimate of drug-likeness (QED) is 0.449. The van der Waals surface area contributed by atoms with Gasteiger partial charge in [-0.2, -0.15) is 13.2 Å². The van der Waals surface area contributed by atoms with E-state index in [0.29, 0.717) is 70.7 Å². The molecule has 3 heterocycles. The summed E-state index contributed by atoms with van der Waals surface area (Å²) in [6, 6.07) is 11.9. The maximum Gasteiger partial charge on any atom is 0.416 e. The second kappa shape index (κ2) is 12.9. The monoisotopic (exact) mass is 587 g/mol. The highest BCUT2D eigenvalue weighted by atomic mass is 19.4. The molecule has 2 aromatic rings. The number of rotatable bonds is 7. The number of carbonyl (C=O) groups excluding carboxylic acids is 2. The van der Waals surface area contributed by atoms with Crippen molar-refractivity contribution in [2.75, 3.05) is 57.9 Å². The number of alkyl halides is 3. The first-order valence-electron chi connectivity index (χ1n) is 15.0. The Labute approximate surface area is 245 Å². The van der Waals surface area contributed by atoms with Crippen molar-refractivity contribution in [3.8, 4) is 5.75 Å². The van der Waals surface area contributed by atoms with Gasteiger partial charge >= 0.3 is 12.1 Å². The SMILES string of the molecule is CCOC(=O)C1CCN(c2cc(C(F)(F)F)ccc2C2CCN(C(=O)[C@@H]3CNC[C@H]3c3ccc(OC)cc3)CC2)CC1. The van der Waals surface area contributed by atoms with Gasteiger partial charge in [-0.15, -0.1) is 0 Å². The molecule has 0 spiro atoms. The number of methoxy groups -OCH3 is 1. The Morgan fingerprint density at radius 3 is 2.26 bits per heavy atom. The molecule has 0 aromatic heterocycles. The number of halogens is 3. The van der Waals surface area contributed by atoms with Gasteiger partial charge in [-0.1, -0.05) is 18.2 Å². The van der Waals surface area contributed by atoms with Gasteiger partial charge in [0.2, 0.25) is 5.91 Å². The predicted octanol–water partition coefficient (Wildman–Crippen LogP) is 5.20. The summed E-state index contributed by atoms with van der Waals surface area (Å²) >= 11 is 0. The molecule has 0 aliphatic carbocycles.